The Labute approximate surface area is 118 Å². The Hall–Kier alpha value is -0.350. The lowest BCUT2D eigenvalue weighted by Crippen LogP contribution is -2.43. The first-order valence-corrected chi connectivity index (χ1v) is 7.10. The van der Waals surface area contributed by atoms with Gasteiger partial charge in [0.15, 0.2) is 0 Å². The maximum Gasteiger partial charge on any atom is 0.129 e. The summed E-state index contributed by atoms with van der Waals surface area (Å²) in [5.74, 6) is 0.583. The summed E-state index contributed by atoms with van der Waals surface area (Å²) in [4.78, 5) is 6.71. The largest absolute Gasteiger partial charge is 0.330 e. The molecule has 0 amide bonds. The summed E-state index contributed by atoms with van der Waals surface area (Å²) in [6, 6.07) is 4.07. The SMILES string of the molecule is CC1CCC(CN)CN1Cc1nc(Cl)ccc1Cl. The van der Waals surface area contributed by atoms with Crippen molar-refractivity contribution in [1.29, 1.82) is 0 Å². The highest BCUT2D eigenvalue weighted by Gasteiger charge is 2.25. The van der Waals surface area contributed by atoms with Gasteiger partial charge < -0.3 is 5.73 Å². The average Bonchev–Trinajstić information content (AvgIpc) is 2.36. The summed E-state index contributed by atoms with van der Waals surface area (Å²) >= 11 is 12.1. The van der Waals surface area contributed by atoms with E-state index < -0.39 is 0 Å². The highest BCUT2D eigenvalue weighted by atomic mass is 35.5. The highest BCUT2D eigenvalue weighted by Crippen LogP contribution is 2.25. The fourth-order valence-corrected chi connectivity index (χ4v) is 2.77. The molecule has 1 saturated heterocycles. The summed E-state index contributed by atoms with van der Waals surface area (Å²) in [5.41, 5.74) is 6.62. The molecule has 0 saturated carbocycles. The van der Waals surface area contributed by atoms with Crippen LogP contribution in [0.4, 0.5) is 0 Å². The second-order valence-electron chi connectivity index (χ2n) is 5.02. The number of likely N-dealkylation sites (tertiary alicyclic amines) is 1. The molecule has 18 heavy (non-hydrogen) atoms. The minimum Gasteiger partial charge on any atom is -0.330 e. The van der Waals surface area contributed by atoms with Crippen molar-refractivity contribution in [2.45, 2.75) is 32.4 Å². The molecule has 1 aliphatic heterocycles. The van der Waals surface area contributed by atoms with Crippen molar-refractivity contribution in [2.24, 2.45) is 11.7 Å². The van der Waals surface area contributed by atoms with Gasteiger partial charge >= 0.3 is 0 Å². The van der Waals surface area contributed by atoms with Gasteiger partial charge in [0.25, 0.3) is 0 Å². The van der Waals surface area contributed by atoms with Crippen molar-refractivity contribution >= 4 is 23.2 Å². The van der Waals surface area contributed by atoms with E-state index in [1.165, 1.54) is 12.8 Å². The Bertz CT molecular complexity index is 411. The first-order chi connectivity index (χ1) is 8.60. The van der Waals surface area contributed by atoms with Crippen molar-refractivity contribution in [1.82, 2.24) is 9.88 Å². The van der Waals surface area contributed by atoms with Crippen LogP contribution in [0.5, 0.6) is 0 Å². The molecule has 1 aliphatic rings. The van der Waals surface area contributed by atoms with E-state index in [0.29, 0.717) is 22.1 Å². The molecule has 2 atom stereocenters. The van der Waals surface area contributed by atoms with Gasteiger partial charge in [-0.15, -0.1) is 0 Å². The number of nitrogens with zero attached hydrogens (tertiary/aromatic N) is 2. The normalized spacial score (nSPS) is 25.3. The molecular weight excluding hydrogens is 269 g/mol. The molecular formula is C13H19Cl2N3. The Kier molecular flexibility index (Phi) is 4.84. The van der Waals surface area contributed by atoms with Gasteiger partial charge in [-0.1, -0.05) is 23.2 Å². The van der Waals surface area contributed by atoms with Crippen LogP contribution in [0.2, 0.25) is 10.2 Å². The van der Waals surface area contributed by atoms with Crippen LogP contribution in [0, 0.1) is 5.92 Å². The number of rotatable bonds is 3. The van der Waals surface area contributed by atoms with Crippen LogP contribution in [0.25, 0.3) is 0 Å². The third kappa shape index (κ3) is 3.35. The first-order valence-electron chi connectivity index (χ1n) is 6.35. The first kappa shape index (κ1) is 14.1. The third-order valence-electron chi connectivity index (χ3n) is 3.68. The molecule has 3 nitrogen and oxygen atoms in total. The van der Waals surface area contributed by atoms with E-state index in [4.69, 9.17) is 28.9 Å². The second-order valence-corrected chi connectivity index (χ2v) is 5.81. The van der Waals surface area contributed by atoms with E-state index in [0.717, 1.165) is 25.3 Å². The van der Waals surface area contributed by atoms with E-state index in [1.807, 2.05) is 0 Å². The van der Waals surface area contributed by atoms with Crippen LogP contribution in [0.3, 0.4) is 0 Å². The quantitative estimate of drug-likeness (QED) is 0.869. The molecule has 0 aliphatic carbocycles. The van der Waals surface area contributed by atoms with Crippen molar-refractivity contribution < 1.29 is 0 Å². The van der Waals surface area contributed by atoms with Crippen molar-refractivity contribution in [3.63, 3.8) is 0 Å². The maximum atomic E-state index is 6.16. The molecule has 2 heterocycles. The smallest absolute Gasteiger partial charge is 0.129 e. The Morgan fingerprint density at radius 1 is 1.39 bits per heavy atom. The van der Waals surface area contributed by atoms with Gasteiger partial charge in [-0.25, -0.2) is 4.98 Å². The molecule has 2 N–H and O–H groups in total. The molecule has 5 heteroatoms. The summed E-state index contributed by atoms with van der Waals surface area (Å²) in [7, 11) is 0. The van der Waals surface area contributed by atoms with Crippen molar-refractivity contribution in [2.75, 3.05) is 13.1 Å². The molecule has 0 aromatic carbocycles. The zero-order valence-corrected chi connectivity index (χ0v) is 12.1. The maximum absolute atomic E-state index is 6.16. The predicted octanol–water partition coefficient (Wildman–Crippen LogP) is 2.95. The predicted molar refractivity (Wildman–Crippen MR) is 75.9 cm³/mol. The van der Waals surface area contributed by atoms with Crippen LogP contribution >= 0.6 is 23.2 Å². The molecule has 1 fully saturated rings. The summed E-state index contributed by atoms with van der Waals surface area (Å²) < 4.78 is 0. The van der Waals surface area contributed by atoms with E-state index in [1.54, 1.807) is 12.1 Å². The molecule has 1 aromatic rings. The Balaban J connectivity index is 2.09. The zero-order valence-electron chi connectivity index (χ0n) is 10.6. The summed E-state index contributed by atoms with van der Waals surface area (Å²) in [6.07, 6.45) is 2.39. The van der Waals surface area contributed by atoms with Gasteiger partial charge in [0, 0.05) is 19.1 Å². The van der Waals surface area contributed by atoms with Crippen LogP contribution in [0.15, 0.2) is 12.1 Å². The van der Waals surface area contributed by atoms with Crippen molar-refractivity contribution in [3.05, 3.63) is 28.0 Å². The topological polar surface area (TPSA) is 42.1 Å². The zero-order chi connectivity index (χ0) is 13.1. The lowest BCUT2D eigenvalue weighted by Gasteiger charge is -2.37. The van der Waals surface area contributed by atoms with Crippen LogP contribution in [0.1, 0.15) is 25.5 Å². The molecule has 0 spiro atoms. The summed E-state index contributed by atoms with van der Waals surface area (Å²) in [5, 5.41) is 1.18. The van der Waals surface area contributed by atoms with Crippen LogP contribution in [-0.2, 0) is 6.54 Å². The highest BCUT2D eigenvalue weighted by molar-refractivity contribution is 6.32. The molecule has 2 rings (SSSR count). The molecule has 0 bridgehead atoms. The van der Waals surface area contributed by atoms with E-state index in [9.17, 15) is 0 Å². The fraction of sp³-hybridized carbons (Fsp3) is 0.615. The molecule has 0 radical (unpaired) electrons. The number of hydrogen-bond donors (Lipinski definition) is 1. The van der Waals surface area contributed by atoms with Gasteiger partial charge in [0.2, 0.25) is 0 Å². The minimum atomic E-state index is 0.495. The van der Waals surface area contributed by atoms with E-state index in [2.05, 4.69) is 16.8 Å². The fourth-order valence-electron chi connectivity index (χ4n) is 2.44. The van der Waals surface area contributed by atoms with Gasteiger partial charge in [-0.3, -0.25) is 4.90 Å². The van der Waals surface area contributed by atoms with E-state index >= 15 is 0 Å². The van der Waals surface area contributed by atoms with Crippen molar-refractivity contribution in [3.8, 4) is 0 Å². The standard InChI is InChI=1S/C13H19Cl2N3/c1-9-2-3-10(6-16)7-18(9)8-12-11(14)4-5-13(15)17-12/h4-5,9-10H,2-3,6-8,16H2,1H3. The van der Waals surface area contributed by atoms with Gasteiger partial charge in [0.1, 0.15) is 5.15 Å². The Morgan fingerprint density at radius 2 is 2.17 bits per heavy atom. The van der Waals surface area contributed by atoms with Gasteiger partial charge in [-0.2, -0.15) is 0 Å². The molecule has 1 aromatic heterocycles. The number of aromatic nitrogens is 1. The number of piperidine rings is 1. The molecule has 2 unspecified atom stereocenters. The summed E-state index contributed by atoms with van der Waals surface area (Å²) in [6.45, 7) is 4.75. The second kappa shape index (κ2) is 6.20. The van der Waals surface area contributed by atoms with E-state index in [-0.39, 0.29) is 0 Å². The number of nitrogens with two attached hydrogens (primary N) is 1. The number of hydrogen-bond acceptors (Lipinski definition) is 3. The average molecular weight is 288 g/mol. The van der Waals surface area contributed by atoms with Gasteiger partial charge in [0.05, 0.1) is 10.7 Å². The van der Waals surface area contributed by atoms with Crippen LogP contribution in [-0.4, -0.2) is 29.0 Å². The Morgan fingerprint density at radius 3 is 2.89 bits per heavy atom. The third-order valence-corrected chi connectivity index (χ3v) is 4.23. The number of halogens is 2. The lowest BCUT2D eigenvalue weighted by molar-refractivity contribution is 0.112. The van der Waals surface area contributed by atoms with Gasteiger partial charge in [-0.05, 0) is 44.4 Å². The van der Waals surface area contributed by atoms with Crippen LogP contribution < -0.4 is 5.73 Å². The lowest BCUT2D eigenvalue weighted by atomic mass is 9.93. The molecule has 100 valence electrons. The number of pyridine rings is 1. The monoisotopic (exact) mass is 287 g/mol. The minimum absolute atomic E-state index is 0.495.